The lowest BCUT2D eigenvalue weighted by Crippen LogP contribution is -2.65. The second-order valence-electron chi connectivity index (χ2n) is 26.8. The first-order valence-electron chi connectivity index (χ1n) is 29.2. The van der Waals surface area contributed by atoms with Crippen LogP contribution in [0.1, 0.15) is 169 Å². The predicted octanol–water partition coefficient (Wildman–Crippen LogP) is -2.01. The van der Waals surface area contributed by atoms with Gasteiger partial charge in [0.2, 0.25) is 35.4 Å². The first-order chi connectivity index (χ1) is 38.9. The average Bonchev–Trinajstić information content (AvgIpc) is 3.54. The zero-order chi connectivity index (χ0) is 65.4. The van der Waals surface area contributed by atoms with Gasteiger partial charge in [0.1, 0.15) is 60.9 Å². The summed E-state index contributed by atoms with van der Waals surface area (Å²) >= 11 is 0. The molecule has 85 heavy (non-hydrogen) atoms. The van der Waals surface area contributed by atoms with E-state index in [-0.39, 0.29) is 75.5 Å². The van der Waals surface area contributed by atoms with Crippen LogP contribution in [0.5, 0.6) is 0 Å². The third kappa shape index (κ3) is 26.0. The summed E-state index contributed by atoms with van der Waals surface area (Å²) in [6.45, 7) is 23.5. The maximum Gasteiger partial charge on any atom is 0.220 e. The average molecular weight is 1230 g/mol. The number of aliphatic hydroxyl groups is 9. The molecule has 0 saturated carbocycles. The molecule has 496 valence electrons. The highest BCUT2D eigenvalue weighted by Gasteiger charge is 2.50. The summed E-state index contributed by atoms with van der Waals surface area (Å²) in [6, 6.07) is -3.50. The number of carbonyl (C=O) groups is 6. The number of carbonyl (C=O) groups excluding carboxylic acids is 6. The van der Waals surface area contributed by atoms with Crippen molar-refractivity contribution in [2.45, 2.75) is 293 Å². The van der Waals surface area contributed by atoms with E-state index in [1.165, 1.54) is 27.7 Å². The van der Waals surface area contributed by atoms with Crippen LogP contribution in [-0.2, 0) is 57.2 Å². The molecule has 0 bridgehead atoms. The van der Waals surface area contributed by atoms with Gasteiger partial charge in [-0.3, -0.25) is 28.8 Å². The van der Waals surface area contributed by atoms with E-state index in [2.05, 4.69) is 37.2 Å². The van der Waals surface area contributed by atoms with Crippen molar-refractivity contribution >= 4 is 35.4 Å². The molecule has 2 aliphatic rings. The number of aliphatic hydroxyl groups excluding tert-OH is 9. The Kier molecular flexibility index (Phi) is 29.6. The number of nitrogens with one attached hydrogen (secondary N) is 7. The van der Waals surface area contributed by atoms with Crippen LogP contribution in [-0.4, -0.2) is 240 Å². The minimum absolute atomic E-state index is 0.0875. The van der Waals surface area contributed by atoms with Crippen molar-refractivity contribution in [3.05, 3.63) is 0 Å². The van der Waals surface area contributed by atoms with Crippen molar-refractivity contribution in [1.29, 1.82) is 0 Å². The number of amides is 6. The van der Waals surface area contributed by atoms with E-state index in [4.69, 9.17) is 28.4 Å². The fraction of sp³-hybridized carbons (Fsp3) is 0.895. The van der Waals surface area contributed by atoms with Crippen molar-refractivity contribution in [2.24, 2.45) is 0 Å². The van der Waals surface area contributed by atoms with Crippen molar-refractivity contribution in [1.82, 2.24) is 37.2 Å². The molecule has 28 heteroatoms. The van der Waals surface area contributed by atoms with E-state index >= 15 is 0 Å². The molecular formula is C57H107N7O21. The normalized spacial score (nSPS) is 25.8. The maximum absolute atomic E-state index is 14.1. The predicted molar refractivity (Wildman–Crippen MR) is 308 cm³/mol. The van der Waals surface area contributed by atoms with E-state index in [1.54, 1.807) is 90.1 Å². The number of hydrogen-bond donors (Lipinski definition) is 16. The van der Waals surface area contributed by atoms with Crippen LogP contribution >= 0.6 is 0 Å². The summed E-state index contributed by atoms with van der Waals surface area (Å²) in [7, 11) is 1.67. The third-order valence-corrected chi connectivity index (χ3v) is 14.8. The van der Waals surface area contributed by atoms with E-state index in [1.807, 2.05) is 0 Å². The quantitative estimate of drug-likeness (QED) is 0.0302. The van der Waals surface area contributed by atoms with Crippen molar-refractivity contribution < 1.29 is 103 Å². The standard InChI is InChI=1S/C57H107N7O21/c1-31(69)36(25-66)80-48(35(24-65)59-32(2)70)83-54(11,12)28-51(5,6)62-39(73)18-21-57(58-17,22-19-40(74)63-52(7,8)29-55(13,14)84-49-42(60-33(3)71)46(78)44(76)37(26-67)81-49)23-20-41(75)64-53(9,10)30-56(15,16)85-50-43(61-34(4)72)47(79)45(77)38(27-68)82-50/h31,35-38,42-50,58,65-69,76-79H,18-30H2,1-17H3,(H,59,70)(H,60,71)(H,61,72)(H,62,73)(H,63,74)(H,64,75)/t31-,35+,36?,37?,38?,42?,43?,44?,45?,46?,47?,48?,49?,50?,57?/m1/s1. The molecule has 16 N–H and O–H groups in total. The second kappa shape index (κ2) is 32.6. The fourth-order valence-corrected chi connectivity index (χ4v) is 11.8. The molecule has 2 heterocycles. The molecule has 0 aromatic rings. The summed E-state index contributed by atoms with van der Waals surface area (Å²) in [4.78, 5) is 78.5. The minimum atomic E-state index is -1.54. The zero-order valence-corrected chi connectivity index (χ0v) is 53.2. The molecule has 28 nitrogen and oxygen atoms in total. The molecule has 2 fully saturated rings. The van der Waals surface area contributed by atoms with Gasteiger partial charge >= 0.3 is 0 Å². The van der Waals surface area contributed by atoms with Gasteiger partial charge < -0.3 is 112 Å². The Morgan fingerprint density at radius 2 is 0.882 bits per heavy atom. The Bertz CT molecular complexity index is 2050. The summed E-state index contributed by atoms with van der Waals surface area (Å²) in [5.74, 6) is -2.71. The molecular weight excluding hydrogens is 1120 g/mol. The van der Waals surface area contributed by atoms with Crippen LogP contribution < -0.4 is 37.2 Å². The van der Waals surface area contributed by atoms with Gasteiger partial charge in [-0.25, -0.2) is 0 Å². The van der Waals surface area contributed by atoms with Gasteiger partial charge in [-0.1, -0.05) is 0 Å². The van der Waals surface area contributed by atoms with Gasteiger partial charge in [0.05, 0.1) is 49.3 Å². The van der Waals surface area contributed by atoms with Crippen LogP contribution in [0, 0.1) is 0 Å². The van der Waals surface area contributed by atoms with Gasteiger partial charge in [-0.2, -0.15) is 0 Å². The molecule has 2 saturated heterocycles. The Morgan fingerprint density at radius 3 is 1.16 bits per heavy atom. The molecule has 6 amide bonds. The molecule has 0 aliphatic carbocycles. The summed E-state index contributed by atoms with van der Waals surface area (Å²) in [5.41, 5.74) is -7.29. The lowest BCUT2D eigenvalue weighted by atomic mass is 9.82. The second-order valence-corrected chi connectivity index (χ2v) is 26.8. The monoisotopic (exact) mass is 1230 g/mol. The van der Waals surface area contributed by atoms with E-state index < -0.39 is 169 Å². The zero-order valence-electron chi connectivity index (χ0n) is 53.2. The molecule has 0 spiro atoms. The van der Waals surface area contributed by atoms with Gasteiger partial charge in [0, 0.05) is 62.2 Å². The van der Waals surface area contributed by atoms with Crippen molar-refractivity contribution in [3.8, 4) is 0 Å². The molecule has 14 atom stereocenters. The van der Waals surface area contributed by atoms with Crippen LogP contribution in [0.3, 0.4) is 0 Å². The smallest absolute Gasteiger partial charge is 0.220 e. The van der Waals surface area contributed by atoms with E-state index in [0.717, 1.165) is 0 Å². The Hall–Kier alpha value is -3.82. The van der Waals surface area contributed by atoms with Crippen molar-refractivity contribution in [2.75, 3.05) is 33.5 Å². The lowest BCUT2D eigenvalue weighted by Gasteiger charge is -2.46. The summed E-state index contributed by atoms with van der Waals surface area (Å²) < 4.78 is 36.4. The van der Waals surface area contributed by atoms with Gasteiger partial charge in [-0.05, 0) is 136 Å². The van der Waals surface area contributed by atoms with Crippen LogP contribution in [0.25, 0.3) is 0 Å². The SMILES string of the molecule is CNC(CCC(=O)NC(C)(C)CC(C)(C)OC1OC(CO)C(O)C(O)C1NC(C)=O)(CCC(=O)NC(C)(C)CC(C)(C)OC1OC(CO)C(O)C(O)C1NC(C)=O)CCC(=O)NC(C)(C)CC(C)(C)OC(OC(CO)[C@@H](C)O)[C@H](CO)NC(C)=O. The highest BCUT2D eigenvalue weighted by atomic mass is 16.7. The molecule has 0 aromatic heterocycles. The highest BCUT2D eigenvalue weighted by molar-refractivity contribution is 5.79. The molecule has 12 unspecified atom stereocenters. The minimum Gasteiger partial charge on any atom is -0.394 e. The number of rotatable bonds is 36. The van der Waals surface area contributed by atoms with Crippen LogP contribution in [0.15, 0.2) is 0 Å². The van der Waals surface area contributed by atoms with Crippen LogP contribution in [0.2, 0.25) is 0 Å². The first kappa shape index (κ1) is 77.3. The van der Waals surface area contributed by atoms with Crippen molar-refractivity contribution in [3.63, 3.8) is 0 Å². The largest absolute Gasteiger partial charge is 0.394 e. The lowest BCUT2D eigenvalue weighted by molar-refractivity contribution is -0.297. The Balaban J connectivity index is 2.40. The third-order valence-electron chi connectivity index (χ3n) is 14.8. The maximum atomic E-state index is 14.1. The molecule has 2 aliphatic heterocycles. The highest BCUT2D eigenvalue weighted by Crippen LogP contribution is 2.34. The molecule has 0 aromatic carbocycles. The summed E-state index contributed by atoms with van der Waals surface area (Å²) in [5, 5.41) is 113. The van der Waals surface area contributed by atoms with Gasteiger partial charge in [0.25, 0.3) is 0 Å². The number of ether oxygens (including phenoxy) is 6. The van der Waals surface area contributed by atoms with Gasteiger partial charge in [-0.15, -0.1) is 0 Å². The fourth-order valence-electron chi connectivity index (χ4n) is 11.8. The van der Waals surface area contributed by atoms with E-state index in [0.29, 0.717) is 0 Å². The topological polar surface area (TPSA) is 424 Å². The first-order valence-corrected chi connectivity index (χ1v) is 29.2. The summed E-state index contributed by atoms with van der Waals surface area (Å²) in [6.07, 6.45) is -14.2. The molecule has 0 radical (unpaired) electrons. The Morgan fingerprint density at radius 1 is 0.529 bits per heavy atom. The van der Waals surface area contributed by atoms with Gasteiger partial charge in [0.15, 0.2) is 18.9 Å². The van der Waals surface area contributed by atoms with Crippen LogP contribution in [0.4, 0.5) is 0 Å². The van der Waals surface area contributed by atoms with E-state index in [9.17, 15) is 74.7 Å². The number of hydrogen-bond acceptors (Lipinski definition) is 22. The Labute approximate surface area is 501 Å². The molecule has 2 rings (SSSR count).